The molecule has 1 aliphatic heterocycles. The number of hydrogen-bond donors (Lipinski definition) is 1. The van der Waals surface area contributed by atoms with Gasteiger partial charge in [0.25, 0.3) is 0 Å². The number of hydrogen-bond acceptors (Lipinski definition) is 4. The molecule has 0 saturated carbocycles. The van der Waals surface area contributed by atoms with Crippen molar-refractivity contribution in [1.82, 2.24) is 14.9 Å². The molecule has 2 aromatic carbocycles. The maximum atomic E-state index is 14.6. The fourth-order valence-electron chi connectivity index (χ4n) is 3.20. The molecule has 1 N–H and O–H groups in total. The van der Waals surface area contributed by atoms with Crippen LogP contribution in [-0.4, -0.2) is 28.6 Å². The maximum absolute atomic E-state index is 14.6. The summed E-state index contributed by atoms with van der Waals surface area (Å²) in [6.45, 7) is 1.48. The molecule has 1 atom stereocenters. The van der Waals surface area contributed by atoms with Gasteiger partial charge >= 0.3 is 0 Å². The van der Waals surface area contributed by atoms with Crippen LogP contribution in [0.25, 0.3) is 10.9 Å². The number of ether oxygens (including phenoxy) is 1. The van der Waals surface area contributed by atoms with Gasteiger partial charge in [-0.2, -0.15) is 0 Å². The Hall–Kier alpha value is -2.90. The van der Waals surface area contributed by atoms with Gasteiger partial charge in [0.05, 0.1) is 28.5 Å². The monoisotopic (exact) mass is 449 g/mol. The minimum Gasteiger partial charge on any atom is -0.493 e. The molecule has 0 aliphatic carbocycles. The average Bonchev–Trinajstić information content (AvgIpc) is 3.17. The van der Waals surface area contributed by atoms with Crippen molar-refractivity contribution in [1.29, 1.82) is 0 Å². The van der Waals surface area contributed by atoms with Gasteiger partial charge in [-0.3, -0.25) is 4.79 Å². The molecule has 4 rings (SSSR count). The number of nitrogens with zero attached hydrogens (tertiary/aromatic N) is 3. The molecule has 0 radical (unpaired) electrons. The summed E-state index contributed by atoms with van der Waals surface area (Å²) in [5, 5.41) is 2.85. The summed E-state index contributed by atoms with van der Waals surface area (Å²) in [4.78, 5) is 20.0. The first kappa shape index (κ1) is 16.8. The van der Waals surface area contributed by atoms with Crippen LogP contribution in [0.1, 0.15) is 15.6 Å². The molecule has 1 aromatic heterocycles. The van der Waals surface area contributed by atoms with Crippen LogP contribution in [0.5, 0.6) is 5.75 Å². The van der Waals surface area contributed by atoms with E-state index in [9.17, 15) is 9.18 Å². The van der Waals surface area contributed by atoms with Crippen LogP contribution >= 0.6 is 23.2 Å². The van der Waals surface area contributed by atoms with Crippen LogP contribution < -0.4 is 15.5 Å². The zero-order chi connectivity index (χ0) is 23.9. The second kappa shape index (κ2) is 8.08. The molecule has 0 bridgehead atoms. The molecule has 30 heavy (non-hydrogen) atoms. The first-order chi connectivity index (χ1) is 15.6. The Kier molecular flexibility index (Phi) is 4.54. The average molecular weight is 450 g/mol. The summed E-state index contributed by atoms with van der Waals surface area (Å²) in [5.74, 6) is -0.849. The number of halogens is 3. The minimum atomic E-state index is -2.53. The van der Waals surface area contributed by atoms with Crippen LogP contribution in [0.15, 0.2) is 48.2 Å². The van der Waals surface area contributed by atoms with Crippen molar-refractivity contribution >= 4 is 45.7 Å². The van der Waals surface area contributed by atoms with Gasteiger partial charge in [-0.05, 0) is 24.3 Å². The van der Waals surface area contributed by atoms with Crippen LogP contribution in [0.2, 0.25) is 10.0 Å². The van der Waals surface area contributed by atoms with E-state index in [-0.39, 0.29) is 51.7 Å². The van der Waals surface area contributed by atoms with E-state index in [0.717, 1.165) is 16.5 Å². The van der Waals surface area contributed by atoms with Crippen LogP contribution in [0.4, 0.5) is 10.1 Å². The highest BCUT2D eigenvalue weighted by molar-refractivity contribution is 6.42. The van der Waals surface area contributed by atoms with Crippen LogP contribution in [0, 0.1) is 5.82 Å². The van der Waals surface area contributed by atoms with Crippen molar-refractivity contribution in [2.24, 2.45) is 12.0 Å². The Balaban J connectivity index is 1.93. The quantitative estimate of drug-likeness (QED) is 0.482. The van der Waals surface area contributed by atoms with E-state index in [2.05, 4.69) is 21.9 Å². The van der Waals surface area contributed by atoms with Gasteiger partial charge in [0.15, 0.2) is 11.3 Å². The molecular weight excluding hydrogens is 430 g/mol. The third-order valence-corrected chi connectivity index (χ3v) is 5.53. The summed E-state index contributed by atoms with van der Waals surface area (Å²) >= 11 is 11.7. The summed E-state index contributed by atoms with van der Waals surface area (Å²) in [7, 11) is 0. The number of benzene rings is 2. The predicted octanol–water partition coefficient (Wildman–Crippen LogP) is 4.03. The lowest BCUT2D eigenvalue weighted by molar-refractivity contribution is -0.116. The molecule has 0 spiro atoms. The van der Waals surface area contributed by atoms with Gasteiger partial charge in [-0.25, -0.2) is 14.4 Å². The van der Waals surface area contributed by atoms with Crippen molar-refractivity contribution in [3.63, 3.8) is 0 Å². The van der Waals surface area contributed by atoms with E-state index in [1.165, 1.54) is 18.2 Å². The molecule has 6 nitrogen and oxygen atoms in total. The van der Waals surface area contributed by atoms with Crippen LogP contribution in [-0.2, 0) is 11.8 Å². The Morgan fingerprint density at radius 3 is 3.13 bits per heavy atom. The van der Waals surface area contributed by atoms with E-state index in [0.29, 0.717) is 11.1 Å². The number of aromatic nitrogens is 2. The molecule has 3 aromatic rings. The van der Waals surface area contributed by atoms with Gasteiger partial charge in [0.1, 0.15) is 11.4 Å². The van der Waals surface area contributed by atoms with E-state index in [4.69, 9.17) is 32.1 Å². The largest absolute Gasteiger partial charge is 0.493 e. The fraction of sp³-hybridized carbons (Fsp3) is 0.190. The molecule has 9 heteroatoms. The number of fused-ring (bicyclic) bond motifs is 2. The predicted molar refractivity (Wildman–Crippen MR) is 114 cm³/mol. The highest BCUT2D eigenvalue weighted by Crippen LogP contribution is 2.36. The summed E-state index contributed by atoms with van der Waals surface area (Å²) in [6.07, 6.45) is 2.29. The van der Waals surface area contributed by atoms with Crippen molar-refractivity contribution in [2.45, 2.75) is 5.92 Å². The summed E-state index contributed by atoms with van der Waals surface area (Å²) in [5.41, 5.74) is 1.00. The third kappa shape index (κ3) is 3.66. The minimum absolute atomic E-state index is 0.0404. The van der Waals surface area contributed by atoms with E-state index >= 15 is 0 Å². The van der Waals surface area contributed by atoms with Gasteiger partial charge in [-0.1, -0.05) is 29.8 Å². The Bertz CT molecular complexity index is 1360. The van der Waals surface area contributed by atoms with Gasteiger partial charge < -0.3 is 14.6 Å². The lowest BCUT2D eigenvalue weighted by atomic mass is 9.99. The van der Waals surface area contributed by atoms with Crippen molar-refractivity contribution in [3.05, 3.63) is 70.2 Å². The number of aryl methyl sites for hydroxylation is 1. The Morgan fingerprint density at radius 1 is 1.53 bits per heavy atom. The molecule has 0 fully saturated rings. The molecule has 1 unspecified atom stereocenters. The standard InChI is InChI=1S/C21H17Cl2FN4O2/c1-3-18(29)25-8-11-9-30-17-7-16-13(6-12(11)17)21(26-10-28(16)2)27-15-5-4-14(22)19(23)20(15)24/h3-7,10-11H,1,8-9H2,2H3,(H,25,29)/i2D3. The number of carbonyl (C=O) groups excluding carboxylic acids is 1. The number of carbonyl (C=O) groups is 1. The Morgan fingerprint density at radius 2 is 2.37 bits per heavy atom. The lowest BCUT2D eigenvalue weighted by Gasteiger charge is -2.11. The molecule has 0 saturated heterocycles. The second-order valence-corrected chi connectivity index (χ2v) is 7.39. The molecular formula is C21H17Cl2FN4O2. The van der Waals surface area contributed by atoms with Gasteiger partial charge in [0, 0.05) is 40.6 Å². The molecule has 154 valence electrons. The van der Waals surface area contributed by atoms with E-state index in [1.54, 1.807) is 12.1 Å². The third-order valence-electron chi connectivity index (χ3n) is 4.75. The SMILES string of the molecule is [2H]C([2H])([2H])n1cnc(=Nc2ccc(Cl)c(Cl)c2F)c2cc3c(cc21)OCC3CNC(=O)C=C. The summed E-state index contributed by atoms with van der Waals surface area (Å²) < 4.78 is 44.9. The van der Waals surface area contributed by atoms with Gasteiger partial charge in [-0.15, -0.1) is 0 Å². The first-order valence-corrected chi connectivity index (χ1v) is 9.63. The first-order valence-electron chi connectivity index (χ1n) is 10.4. The zero-order valence-electron chi connectivity index (χ0n) is 18.5. The normalized spacial score (nSPS) is 17.6. The molecule has 2 heterocycles. The topological polar surface area (TPSA) is 68.5 Å². The number of rotatable bonds is 4. The number of nitrogens with one attached hydrogen (secondary N) is 1. The zero-order valence-corrected chi connectivity index (χ0v) is 17.0. The highest BCUT2D eigenvalue weighted by Gasteiger charge is 2.26. The fourth-order valence-corrected chi connectivity index (χ4v) is 3.51. The number of amides is 1. The smallest absolute Gasteiger partial charge is 0.243 e. The van der Waals surface area contributed by atoms with E-state index in [1.807, 2.05) is 0 Å². The summed E-state index contributed by atoms with van der Waals surface area (Å²) in [6, 6.07) is 6.04. The van der Waals surface area contributed by atoms with E-state index < -0.39 is 12.8 Å². The van der Waals surface area contributed by atoms with Crippen molar-refractivity contribution < 1.29 is 18.0 Å². The van der Waals surface area contributed by atoms with Gasteiger partial charge in [0.2, 0.25) is 5.91 Å². The Labute approximate surface area is 185 Å². The lowest BCUT2D eigenvalue weighted by Crippen LogP contribution is -2.27. The van der Waals surface area contributed by atoms with Crippen molar-refractivity contribution in [3.8, 4) is 5.75 Å². The van der Waals surface area contributed by atoms with Crippen LogP contribution in [0.3, 0.4) is 0 Å². The maximum Gasteiger partial charge on any atom is 0.243 e. The van der Waals surface area contributed by atoms with Crippen molar-refractivity contribution in [2.75, 3.05) is 13.2 Å². The molecule has 1 aliphatic rings. The highest BCUT2D eigenvalue weighted by atomic mass is 35.5. The second-order valence-electron chi connectivity index (χ2n) is 6.61. The molecule has 1 amide bonds.